The Bertz CT molecular complexity index is 373. The molecule has 5 heteroatoms. The molecular weight excluding hydrogens is 218 g/mol. The van der Waals surface area contributed by atoms with E-state index in [1.165, 1.54) is 0 Å². The molecule has 1 aliphatic rings. The number of rotatable bonds is 2. The van der Waals surface area contributed by atoms with Gasteiger partial charge in [0.25, 0.3) is 0 Å². The van der Waals surface area contributed by atoms with E-state index in [0.29, 0.717) is 13.0 Å². The van der Waals surface area contributed by atoms with Gasteiger partial charge in [-0.15, -0.1) is 0 Å². The highest BCUT2D eigenvalue weighted by Gasteiger charge is 2.26. The van der Waals surface area contributed by atoms with Crippen LogP contribution >= 0.6 is 0 Å². The molecule has 2 heterocycles. The van der Waals surface area contributed by atoms with Gasteiger partial charge in [0, 0.05) is 25.5 Å². The first-order chi connectivity index (χ1) is 8.07. The number of aromatic nitrogens is 2. The summed E-state index contributed by atoms with van der Waals surface area (Å²) in [4.78, 5) is 13.8. The smallest absolute Gasteiger partial charge is 0.244 e. The average molecular weight is 237 g/mol. The van der Waals surface area contributed by atoms with E-state index in [-0.39, 0.29) is 12.5 Å². The minimum atomic E-state index is -0.624. The summed E-state index contributed by atoms with van der Waals surface area (Å²) in [5, 5.41) is 14.0. The lowest BCUT2D eigenvalue weighted by Crippen LogP contribution is -2.35. The van der Waals surface area contributed by atoms with Crippen molar-refractivity contribution >= 4 is 5.91 Å². The molecule has 0 radical (unpaired) electrons. The maximum atomic E-state index is 12.0. The Morgan fingerprint density at radius 2 is 2.29 bits per heavy atom. The van der Waals surface area contributed by atoms with E-state index < -0.39 is 5.60 Å². The molecule has 1 aromatic heterocycles. The molecule has 1 saturated heterocycles. The first-order valence-electron chi connectivity index (χ1n) is 6.04. The molecule has 0 aliphatic carbocycles. The number of hydrogen-bond acceptors (Lipinski definition) is 3. The number of hydrogen-bond donors (Lipinski definition) is 1. The van der Waals surface area contributed by atoms with Gasteiger partial charge in [0.1, 0.15) is 6.54 Å². The summed E-state index contributed by atoms with van der Waals surface area (Å²) in [7, 11) is 0. The van der Waals surface area contributed by atoms with E-state index in [1.54, 1.807) is 23.1 Å². The number of nitrogens with zero attached hydrogens (tertiary/aromatic N) is 3. The van der Waals surface area contributed by atoms with Gasteiger partial charge in [-0.25, -0.2) is 0 Å². The molecule has 0 aromatic carbocycles. The van der Waals surface area contributed by atoms with Crippen molar-refractivity contribution in [1.82, 2.24) is 14.7 Å². The minimum Gasteiger partial charge on any atom is -0.390 e. The molecule has 0 bridgehead atoms. The Kier molecular flexibility index (Phi) is 3.47. The predicted molar refractivity (Wildman–Crippen MR) is 63.3 cm³/mol. The van der Waals surface area contributed by atoms with E-state index >= 15 is 0 Å². The number of amides is 1. The minimum absolute atomic E-state index is 0.0754. The van der Waals surface area contributed by atoms with Gasteiger partial charge in [0.05, 0.1) is 5.60 Å². The summed E-state index contributed by atoms with van der Waals surface area (Å²) in [5.41, 5.74) is -0.624. The van der Waals surface area contributed by atoms with Gasteiger partial charge in [-0.05, 0) is 32.3 Å². The standard InChI is InChI=1S/C12H19N3O2/c1-12(17)4-2-7-14(9-5-12)11(16)10-15-8-3-6-13-15/h3,6,8,17H,2,4-5,7,9-10H2,1H3. The molecular formula is C12H19N3O2. The van der Waals surface area contributed by atoms with Crippen LogP contribution in [0.25, 0.3) is 0 Å². The summed E-state index contributed by atoms with van der Waals surface area (Å²) in [6, 6.07) is 1.81. The molecule has 1 unspecified atom stereocenters. The summed E-state index contributed by atoms with van der Waals surface area (Å²) >= 11 is 0. The van der Waals surface area contributed by atoms with Crippen molar-refractivity contribution in [2.45, 2.75) is 38.3 Å². The third-order valence-corrected chi connectivity index (χ3v) is 3.27. The van der Waals surface area contributed by atoms with Crippen LogP contribution in [-0.2, 0) is 11.3 Å². The van der Waals surface area contributed by atoms with Gasteiger partial charge in [-0.1, -0.05) is 0 Å². The first kappa shape index (κ1) is 12.1. The third-order valence-electron chi connectivity index (χ3n) is 3.27. The van der Waals surface area contributed by atoms with Crippen LogP contribution in [-0.4, -0.2) is 44.4 Å². The van der Waals surface area contributed by atoms with E-state index in [4.69, 9.17) is 0 Å². The second-order valence-electron chi connectivity index (χ2n) is 4.93. The van der Waals surface area contributed by atoms with Crippen molar-refractivity contribution < 1.29 is 9.90 Å². The number of likely N-dealkylation sites (tertiary alicyclic amines) is 1. The highest BCUT2D eigenvalue weighted by Crippen LogP contribution is 2.21. The number of carbonyl (C=O) groups is 1. The van der Waals surface area contributed by atoms with Gasteiger partial charge >= 0.3 is 0 Å². The summed E-state index contributed by atoms with van der Waals surface area (Å²) in [6.07, 6.45) is 5.72. The van der Waals surface area contributed by atoms with Crippen molar-refractivity contribution in [2.24, 2.45) is 0 Å². The van der Waals surface area contributed by atoms with E-state index in [0.717, 1.165) is 19.4 Å². The fraction of sp³-hybridized carbons (Fsp3) is 0.667. The lowest BCUT2D eigenvalue weighted by molar-refractivity contribution is -0.132. The number of aliphatic hydroxyl groups is 1. The van der Waals surface area contributed by atoms with Gasteiger partial charge in [-0.3, -0.25) is 9.48 Å². The predicted octanol–water partition coefficient (Wildman–Crippen LogP) is 0.647. The Balaban J connectivity index is 1.91. The molecule has 1 amide bonds. The molecule has 94 valence electrons. The van der Waals surface area contributed by atoms with Gasteiger partial charge in [0.15, 0.2) is 0 Å². The maximum Gasteiger partial charge on any atom is 0.244 e. The van der Waals surface area contributed by atoms with Crippen LogP contribution < -0.4 is 0 Å². The summed E-state index contributed by atoms with van der Waals surface area (Å²) < 4.78 is 1.63. The van der Waals surface area contributed by atoms with E-state index in [9.17, 15) is 9.90 Å². The SMILES string of the molecule is CC1(O)CCCN(C(=O)Cn2cccn2)CC1. The highest BCUT2D eigenvalue weighted by molar-refractivity contribution is 5.75. The molecule has 0 saturated carbocycles. The molecule has 17 heavy (non-hydrogen) atoms. The van der Waals surface area contributed by atoms with Crippen molar-refractivity contribution in [3.63, 3.8) is 0 Å². The molecule has 1 N–H and O–H groups in total. The fourth-order valence-corrected chi connectivity index (χ4v) is 2.15. The first-order valence-corrected chi connectivity index (χ1v) is 6.04. The zero-order valence-electron chi connectivity index (χ0n) is 10.2. The summed E-state index contributed by atoms with van der Waals surface area (Å²) in [6.45, 7) is 3.49. The fourth-order valence-electron chi connectivity index (χ4n) is 2.15. The zero-order valence-corrected chi connectivity index (χ0v) is 10.2. The lowest BCUT2D eigenvalue weighted by atomic mass is 9.98. The molecule has 5 nitrogen and oxygen atoms in total. The summed E-state index contributed by atoms with van der Waals surface area (Å²) in [5.74, 6) is 0.0754. The van der Waals surface area contributed by atoms with Crippen molar-refractivity contribution in [3.05, 3.63) is 18.5 Å². The Morgan fingerprint density at radius 1 is 1.47 bits per heavy atom. The number of carbonyl (C=O) groups excluding carboxylic acids is 1. The van der Waals surface area contributed by atoms with Crippen LogP contribution in [0.2, 0.25) is 0 Å². The normalized spacial score (nSPS) is 25.6. The maximum absolute atomic E-state index is 12.0. The molecule has 2 rings (SSSR count). The molecule has 0 spiro atoms. The topological polar surface area (TPSA) is 58.4 Å². The van der Waals surface area contributed by atoms with Crippen molar-refractivity contribution in [2.75, 3.05) is 13.1 Å². The third kappa shape index (κ3) is 3.30. The highest BCUT2D eigenvalue weighted by atomic mass is 16.3. The van der Waals surface area contributed by atoms with Crippen LogP contribution in [0.3, 0.4) is 0 Å². The van der Waals surface area contributed by atoms with Crippen LogP contribution in [0, 0.1) is 0 Å². The van der Waals surface area contributed by atoms with E-state index in [1.807, 2.05) is 11.8 Å². The van der Waals surface area contributed by atoms with Gasteiger partial charge < -0.3 is 10.0 Å². The van der Waals surface area contributed by atoms with Crippen LogP contribution in [0.1, 0.15) is 26.2 Å². The van der Waals surface area contributed by atoms with Crippen LogP contribution in [0.4, 0.5) is 0 Å². The van der Waals surface area contributed by atoms with Crippen LogP contribution in [0.5, 0.6) is 0 Å². The lowest BCUT2D eigenvalue weighted by Gasteiger charge is -2.22. The zero-order chi connectivity index (χ0) is 12.3. The molecule has 1 fully saturated rings. The molecule has 1 aromatic rings. The molecule has 1 atom stereocenters. The monoisotopic (exact) mass is 237 g/mol. The Morgan fingerprint density at radius 3 is 3.00 bits per heavy atom. The average Bonchev–Trinajstić information content (AvgIpc) is 2.68. The largest absolute Gasteiger partial charge is 0.390 e. The van der Waals surface area contributed by atoms with E-state index in [2.05, 4.69) is 5.10 Å². The van der Waals surface area contributed by atoms with Crippen LogP contribution in [0.15, 0.2) is 18.5 Å². The molecule has 1 aliphatic heterocycles. The Hall–Kier alpha value is -1.36. The van der Waals surface area contributed by atoms with Crippen molar-refractivity contribution in [3.8, 4) is 0 Å². The van der Waals surface area contributed by atoms with Crippen molar-refractivity contribution in [1.29, 1.82) is 0 Å². The second kappa shape index (κ2) is 4.87. The Labute approximate surface area is 101 Å². The quantitative estimate of drug-likeness (QED) is 0.821. The van der Waals surface area contributed by atoms with Gasteiger partial charge in [-0.2, -0.15) is 5.10 Å². The van der Waals surface area contributed by atoms with Gasteiger partial charge in [0.2, 0.25) is 5.91 Å². The second-order valence-corrected chi connectivity index (χ2v) is 4.93.